The Labute approximate surface area is 169 Å². The fourth-order valence-electron chi connectivity index (χ4n) is 3.66. The molecule has 0 spiro atoms. The molecular formula is C24H24O5. The van der Waals surface area contributed by atoms with Crippen molar-refractivity contribution in [3.05, 3.63) is 78.4 Å². The van der Waals surface area contributed by atoms with E-state index in [0.717, 1.165) is 16.3 Å². The summed E-state index contributed by atoms with van der Waals surface area (Å²) in [4.78, 5) is 12.4. The van der Waals surface area contributed by atoms with E-state index < -0.39 is 30.1 Å². The van der Waals surface area contributed by atoms with E-state index in [4.69, 9.17) is 14.2 Å². The second-order valence-corrected chi connectivity index (χ2v) is 7.69. The first-order valence-corrected chi connectivity index (χ1v) is 9.69. The Morgan fingerprint density at radius 3 is 2.45 bits per heavy atom. The van der Waals surface area contributed by atoms with Gasteiger partial charge < -0.3 is 19.3 Å². The summed E-state index contributed by atoms with van der Waals surface area (Å²) in [5.41, 5.74) is 0.894. The van der Waals surface area contributed by atoms with Crippen molar-refractivity contribution in [3.8, 4) is 5.75 Å². The molecule has 1 saturated heterocycles. The van der Waals surface area contributed by atoms with Gasteiger partial charge in [-0.05, 0) is 42.3 Å². The number of ether oxygens (including phenoxy) is 3. The maximum Gasteiger partial charge on any atom is 0.313 e. The molecule has 5 heteroatoms. The summed E-state index contributed by atoms with van der Waals surface area (Å²) >= 11 is 0. The van der Waals surface area contributed by atoms with E-state index in [1.165, 1.54) is 0 Å². The van der Waals surface area contributed by atoms with Crippen LogP contribution in [0.15, 0.2) is 72.8 Å². The molecule has 0 bridgehead atoms. The third-order valence-electron chi connectivity index (χ3n) is 4.96. The van der Waals surface area contributed by atoms with E-state index in [1.54, 1.807) is 19.9 Å². The minimum atomic E-state index is -1.06. The summed E-state index contributed by atoms with van der Waals surface area (Å²) in [5.74, 6) is -0.925. The van der Waals surface area contributed by atoms with Crippen LogP contribution >= 0.6 is 0 Å². The van der Waals surface area contributed by atoms with Crippen molar-refractivity contribution >= 4 is 16.7 Å². The second kappa shape index (κ2) is 7.95. The number of aliphatic hydroxyl groups is 1. The zero-order valence-electron chi connectivity index (χ0n) is 16.4. The van der Waals surface area contributed by atoms with Crippen LogP contribution in [0, 0.1) is 0 Å². The van der Waals surface area contributed by atoms with Crippen molar-refractivity contribution in [1.82, 2.24) is 0 Å². The molecule has 3 aromatic carbocycles. The highest BCUT2D eigenvalue weighted by Gasteiger charge is 2.46. The van der Waals surface area contributed by atoms with Gasteiger partial charge in [0.05, 0.1) is 12.5 Å². The van der Waals surface area contributed by atoms with Gasteiger partial charge in [-0.1, -0.05) is 60.7 Å². The molecule has 0 aromatic heterocycles. The average Bonchev–Trinajstić information content (AvgIpc) is 3.04. The van der Waals surface area contributed by atoms with Crippen LogP contribution in [0.2, 0.25) is 0 Å². The van der Waals surface area contributed by atoms with E-state index in [-0.39, 0.29) is 6.42 Å². The number of hydrogen-bond donors (Lipinski definition) is 1. The number of aliphatic hydroxyl groups excluding tert-OH is 1. The van der Waals surface area contributed by atoms with Crippen molar-refractivity contribution in [2.75, 3.05) is 0 Å². The zero-order valence-corrected chi connectivity index (χ0v) is 16.4. The molecule has 1 fully saturated rings. The van der Waals surface area contributed by atoms with Gasteiger partial charge in [-0.15, -0.1) is 0 Å². The van der Waals surface area contributed by atoms with E-state index in [9.17, 15) is 9.90 Å². The van der Waals surface area contributed by atoms with Crippen molar-refractivity contribution in [3.63, 3.8) is 0 Å². The van der Waals surface area contributed by atoms with Crippen molar-refractivity contribution in [2.45, 2.75) is 44.4 Å². The Balaban J connectivity index is 1.45. The molecular weight excluding hydrogens is 368 g/mol. The van der Waals surface area contributed by atoms with Crippen LogP contribution in [-0.4, -0.2) is 29.1 Å². The third kappa shape index (κ3) is 4.48. The van der Waals surface area contributed by atoms with Crippen LogP contribution in [0.5, 0.6) is 5.75 Å². The summed E-state index contributed by atoms with van der Waals surface area (Å²) in [6.45, 7) is 3.59. The van der Waals surface area contributed by atoms with E-state index in [1.807, 2.05) is 66.7 Å². The molecule has 0 radical (unpaired) electrons. The van der Waals surface area contributed by atoms with Crippen molar-refractivity contribution in [1.29, 1.82) is 0 Å². The van der Waals surface area contributed by atoms with Gasteiger partial charge in [-0.25, -0.2) is 0 Å². The van der Waals surface area contributed by atoms with Crippen molar-refractivity contribution in [2.24, 2.45) is 0 Å². The first-order chi connectivity index (χ1) is 13.9. The molecule has 29 heavy (non-hydrogen) atoms. The van der Waals surface area contributed by atoms with Crippen molar-refractivity contribution < 1.29 is 24.1 Å². The van der Waals surface area contributed by atoms with Crippen LogP contribution in [0.1, 0.15) is 31.9 Å². The Hall–Kier alpha value is -2.73. The third-order valence-corrected chi connectivity index (χ3v) is 4.96. The van der Waals surface area contributed by atoms with Crippen LogP contribution in [0.3, 0.4) is 0 Å². The molecule has 1 heterocycles. The minimum Gasteiger partial charge on any atom is -0.426 e. The van der Waals surface area contributed by atoms with Crippen LogP contribution < -0.4 is 4.74 Å². The lowest BCUT2D eigenvalue weighted by atomic mass is 9.99. The van der Waals surface area contributed by atoms with Gasteiger partial charge in [-0.2, -0.15) is 0 Å². The first-order valence-electron chi connectivity index (χ1n) is 9.69. The van der Waals surface area contributed by atoms with E-state index in [2.05, 4.69) is 0 Å². The molecule has 3 aromatic rings. The molecule has 3 atom stereocenters. The molecule has 0 saturated carbocycles. The highest BCUT2D eigenvalue weighted by molar-refractivity contribution is 5.84. The Morgan fingerprint density at radius 2 is 1.69 bits per heavy atom. The number of rotatable bonds is 5. The average molecular weight is 392 g/mol. The Bertz CT molecular complexity index is 998. The number of fused-ring (bicyclic) bond motifs is 1. The SMILES string of the molecule is CC1(C)O[C@H]([C@H](O)CC(=O)Oc2ccc3ccccc3c2)[C@@H](c2ccccc2)O1. The lowest BCUT2D eigenvalue weighted by molar-refractivity contribution is -0.159. The van der Waals surface area contributed by atoms with Gasteiger partial charge in [0.15, 0.2) is 5.79 Å². The molecule has 1 aliphatic rings. The summed E-state index contributed by atoms with van der Waals surface area (Å²) in [6.07, 6.45) is -2.39. The van der Waals surface area contributed by atoms with Gasteiger partial charge >= 0.3 is 5.97 Å². The normalized spacial score (nSPS) is 21.8. The predicted octanol–water partition coefficient (Wildman–Crippen LogP) is 4.39. The van der Waals surface area contributed by atoms with Gasteiger partial charge in [0, 0.05) is 0 Å². The fourth-order valence-corrected chi connectivity index (χ4v) is 3.66. The standard InChI is InChI=1S/C24H24O5/c1-24(2)28-22(17-9-4-3-5-10-17)23(29-24)20(25)15-21(26)27-19-13-12-16-8-6-7-11-18(16)14-19/h3-14,20,22-23,25H,15H2,1-2H3/t20-,22-,23-/m1/s1. The largest absolute Gasteiger partial charge is 0.426 e. The summed E-state index contributed by atoms with van der Waals surface area (Å²) in [7, 11) is 0. The second-order valence-electron chi connectivity index (χ2n) is 7.69. The highest BCUT2D eigenvalue weighted by Crippen LogP contribution is 2.40. The predicted molar refractivity (Wildman–Crippen MR) is 109 cm³/mol. The zero-order chi connectivity index (χ0) is 20.4. The minimum absolute atomic E-state index is 0.194. The van der Waals surface area contributed by atoms with Crippen LogP contribution in [0.4, 0.5) is 0 Å². The molecule has 0 unspecified atom stereocenters. The lowest BCUT2D eigenvalue weighted by Gasteiger charge is -2.22. The number of carbonyl (C=O) groups is 1. The summed E-state index contributed by atoms with van der Waals surface area (Å²) in [6, 6.07) is 22.9. The lowest BCUT2D eigenvalue weighted by Crippen LogP contribution is -2.34. The number of carbonyl (C=O) groups excluding carboxylic acids is 1. The molecule has 0 amide bonds. The van der Waals surface area contributed by atoms with Crippen LogP contribution in [-0.2, 0) is 14.3 Å². The van der Waals surface area contributed by atoms with Gasteiger partial charge in [0.2, 0.25) is 0 Å². The summed E-state index contributed by atoms with van der Waals surface area (Å²) < 4.78 is 17.3. The molecule has 4 rings (SSSR count). The molecule has 5 nitrogen and oxygen atoms in total. The smallest absolute Gasteiger partial charge is 0.313 e. The Morgan fingerprint density at radius 1 is 1.00 bits per heavy atom. The van der Waals surface area contributed by atoms with Gasteiger partial charge in [0.1, 0.15) is 18.0 Å². The molecule has 150 valence electrons. The topological polar surface area (TPSA) is 65.0 Å². The Kier molecular flexibility index (Phi) is 5.37. The fraction of sp³-hybridized carbons (Fsp3) is 0.292. The number of hydrogen-bond acceptors (Lipinski definition) is 5. The molecule has 0 aliphatic carbocycles. The molecule has 1 aliphatic heterocycles. The molecule has 1 N–H and O–H groups in total. The highest BCUT2D eigenvalue weighted by atomic mass is 16.8. The van der Waals surface area contributed by atoms with Gasteiger partial charge in [0.25, 0.3) is 0 Å². The summed E-state index contributed by atoms with van der Waals surface area (Å²) in [5, 5.41) is 12.8. The maximum atomic E-state index is 12.4. The van der Waals surface area contributed by atoms with Crippen LogP contribution in [0.25, 0.3) is 10.8 Å². The van der Waals surface area contributed by atoms with Gasteiger partial charge in [-0.3, -0.25) is 4.79 Å². The monoisotopic (exact) mass is 392 g/mol. The van der Waals surface area contributed by atoms with E-state index in [0.29, 0.717) is 5.75 Å². The quantitative estimate of drug-likeness (QED) is 0.515. The first kappa shape index (κ1) is 19.6. The number of benzene rings is 3. The number of esters is 1. The maximum absolute atomic E-state index is 12.4. The van der Waals surface area contributed by atoms with E-state index >= 15 is 0 Å².